The third-order valence-corrected chi connectivity index (χ3v) is 3.70. The molecule has 0 radical (unpaired) electrons. The molecule has 22 heavy (non-hydrogen) atoms. The van der Waals surface area contributed by atoms with Gasteiger partial charge in [-0.2, -0.15) is 0 Å². The van der Waals surface area contributed by atoms with Crippen molar-refractivity contribution in [1.29, 1.82) is 0 Å². The lowest BCUT2D eigenvalue weighted by atomic mass is 9.93. The van der Waals surface area contributed by atoms with E-state index in [2.05, 4.69) is 0 Å². The summed E-state index contributed by atoms with van der Waals surface area (Å²) in [5.41, 5.74) is 7.40. The van der Waals surface area contributed by atoms with Crippen LogP contribution in [0.2, 0.25) is 0 Å². The molecule has 0 heterocycles. The average molecular weight is 294 g/mol. The number of nitrogens with two attached hydrogens (primary N) is 1. The highest BCUT2D eigenvalue weighted by Gasteiger charge is 2.18. The Morgan fingerprint density at radius 2 is 1.82 bits per heavy atom. The molecule has 3 aromatic carbocycles. The second-order valence-electron chi connectivity index (χ2n) is 5.05. The van der Waals surface area contributed by atoms with Crippen molar-refractivity contribution < 1.29 is 10.0 Å². The molecule has 0 amide bonds. The van der Waals surface area contributed by atoms with Crippen LogP contribution in [0.3, 0.4) is 0 Å². The molecule has 5 nitrogen and oxygen atoms in total. The van der Waals surface area contributed by atoms with Gasteiger partial charge in [0, 0.05) is 17.7 Å². The molecule has 0 bridgehead atoms. The van der Waals surface area contributed by atoms with E-state index < -0.39 is 11.0 Å². The second kappa shape index (κ2) is 5.46. The first-order valence-electron chi connectivity index (χ1n) is 6.78. The predicted molar refractivity (Wildman–Crippen MR) is 84.7 cm³/mol. The SMILES string of the molecule is NC(c1cccc([N+](=O)[O-])c1)c1c(O)ccc2ccccc12. The van der Waals surface area contributed by atoms with Crippen LogP contribution in [0.5, 0.6) is 5.75 Å². The van der Waals surface area contributed by atoms with Crippen molar-refractivity contribution in [1.82, 2.24) is 0 Å². The molecule has 3 N–H and O–H groups in total. The van der Waals surface area contributed by atoms with Gasteiger partial charge in [0.2, 0.25) is 0 Å². The van der Waals surface area contributed by atoms with Crippen LogP contribution in [0.1, 0.15) is 17.2 Å². The van der Waals surface area contributed by atoms with Crippen molar-refractivity contribution in [2.24, 2.45) is 5.73 Å². The van der Waals surface area contributed by atoms with Crippen LogP contribution in [0.15, 0.2) is 60.7 Å². The maximum Gasteiger partial charge on any atom is 0.269 e. The summed E-state index contributed by atoms with van der Waals surface area (Å²) in [6.45, 7) is 0. The fourth-order valence-electron chi connectivity index (χ4n) is 2.61. The van der Waals surface area contributed by atoms with Gasteiger partial charge in [-0.15, -0.1) is 0 Å². The van der Waals surface area contributed by atoms with Gasteiger partial charge in [0.25, 0.3) is 5.69 Å². The number of hydrogen-bond donors (Lipinski definition) is 2. The zero-order valence-electron chi connectivity index (χ0n) is 11.6. The number of non-ortho nitro benzene ring substituents is 1. The number of phenols is 1. The molecular weight excluding hydrogens is 280 g/mol. The molecule has 0 saturated heterocycles. The van der Waals surface area contributed by atoms with E-state index in [4.69, 9.17) is 5.73 Å². The van der Waals surface area contributed by atoms with Crippen molar-refractivity contribution in [2.75, 3.05) is 0 Å². The summed E-state index contributed by atoms with van der Waals surface area (Å²) in [4.78, 5) is 10.4. The monoisotopic (exact) mass is 294 g/mol. The third kappa shape index (κ3) is 2.38. The Kier molecular flexibility index (Phi) is 3.48. The molecule has 0 aliphatic rings. The summed E-state index contributed by atoms with van der Waals surface area (Å²) in [6.07, 6.45) is 0. The van der Waals surface area contributed by atoms with Gasteiger partial charge >= 0.3 is 0 Å². The molecular formula is C17H14N2O3. The molecule has 0 spiro atoms. The highest BCUT2D eigenvalue weighted by atomic mass is 16.6. The molecule has 5 heteroatoms. The number of benzene rings is 3. The van der Waals surface area contributed by atoms with E-state index in [1.807, 2.05) is 30.3 Å². The van der Waals surface area contributed by atoms with Crippen LogP contribution in [-0.2, 0) is 0 Å². The fraction of sp³-hybridized carbons (Fsp3) is 0.0588. The van der Waals surface area contributed by atoms with E-state index in [0.717, 1.165) is 10.8 Å². The maximum atomic E-state index is 10.9. The number of nitro benzene ring substituents is 1. The zero-order valence-corrected chi connectivity index (χ0v) is 11.6. The molecule has 0 aromatic heterocycles. The highest BCUT2D eigenvalue weighted by molar-refractivity contribution is 5.88. The number of phenolic OH excluding ortho intramolecular Hbond substituents is 1. The normalized spacial score (nSPS) is 12.2. The number of nitro groups is 1. The van der Waals surface area contributed by atoms with Gasteiger partial charge in [0.05, 0.1) is 11.0 Å². The Morgan fingerprint density at radius 3 is 2.59 bits per heavy atom. The summed E-state index contributed by atoms with van der Waals surface area (Å²) in [7, 11) is 0. The van der Waals surface area contributed by atoms with Crippen LogP contribution in [0, 0.1) is 10.1 Å². The Morgan fingerprint density at radius 1 is 1.05 bits per heavy atom. The van der Waals surface area contributed by atoms with Gasteiger partial charge < -0.3 is 10.8 Å². The third-order valence-electron chi connectivity index (χ3n) is 3.70. The number of fused-ring (bicyclic) bond motifs is 1. The lowest BCUT2D eigenvalue weighted by molar-refractivity contribution is -0.384. The van der Waals surface area contributed by atoms with E-state index in [1.165, 1.54) is 12.1 Å². The minimum Gasteiger partial charge on any atom is -0.508 e. The second-order valence-corrected chi connectivity index (χ2v) is 5.05. The summed E-state index contributed by atoms with van der Waals surface area (Å²) < 4.78 is 0. The van der Waals surface area contributed by atoms with Crippen molar-refractivity contribution in [3.05, 3.63) is 81.9 Å². The van der Waals surface area contributed by atoms with Gasteiger partial charge in [-0.25, -0.2) is 0 Å². The van der Waals surface area contributed by atoms with Crippen LogP contribution >= 0.6 is 0 Å². The zero-order chi connectivity index (χ0) is 15.7. The summed E-state index contributed by atoms with van der Waals surface area (Å²) in [5.74, 6) is 0.0812. The molecule has 3 aromatic rings. The Balaban J connectivity index is 2.17. The summed E-state index contributed by atoms with van der Waals surface area (Å²) in [5, 5.41) is 22.9. The summed E-state index contributed by atoms with van der Waals surface area (Å²) >= 11 is 0. The molecule has 110 valence electrons. The van der Waals surface area contributed by atoms with Crippen LogP contribution in [0.4, 0.5) is 5.69 Å². The van der Waals surface area contributed by atoms with Gasteiger partial charge in [-0.05, 0) is 22.4 Å². The maximum absolute atomic E-state index is 10.9. The van der Waals surface area contributed by atoms with E-state index in [0.29, 0.717) is 11.1 Å². The smallest absolute Gasteiger partial charge is 0.269 e. The summed E-state index contributed by atoms with van der Waals surface area (Å²) in [6, 6.07) is 16.5. The molecule has 1 unspecified atom stereocenters. The molecule has 0 aliphatic heterocycles. The number of nitrogens with zero attached hydrogens (tertiary/aromatic N) is 1. The highest BCUT2D eigenvalue weighted by Crippen LogP contribution is 2.35. The number of hydrogen-bond acceptors (Lipinski definition) is 4. The van der Waals surface area contributed by atoms with Crippen molar-refractivity contribution in [3.8, 4) is 5.75 Å². The lowest BCUT2D eigenvalue weighted by Gasteiger charge is -2.16. The fourth-order valence-corrected chi connectivity index (χ4v) is 2.61. The van der Waals surface area contributed by atoms with Gasteiger partial charge in [-0.3, -0.25) is 10.1 Å². The van der Waals surface area contributed by atoms with E-state index in [-0.39, 0.29) is 11.4 Å². The minimum atomic E-state index is -0.647. The number of rotatable bonds is 3. The Bertz CT molecular complexity index is 861. The van der Waals surface area contributed by atoms with Gasteiger partial charge in [0.15, 0.2) is 0 Å². The largest absolute Gasteiger partial charge is 0.508 e. The predicted octanol–water partition coefficient (Wildman–Crippen LogP) is 3.50. The van der Waals surface area contributed by atoms with E-state index in [1.54, 1.807) is 18.2 Å². The van der Waals surface area contributed by atoms with E-state index >= 15 is 0 Å². The van der Waals surface area contributed by atoms with E-state index in [9.17, 15) is 15.2 Å². The lowest BCUT2D eigenvalue weighted by Crippen LogP contribution is -2.13. The topological polar surface area (TPSA) is 89.4 Å². The van der Waals surface area contributed by atoms with Crippen molar-refractivity contribution >= 4 is 16.5 Å². The number of aromatic hydroxyl groups is 1. The first-order chi connectivity index (χ1) is 10.6. The Labute approximate surface area is 126 Å². The molecule has 0 aliphatic carbocycles. The van der Waals surface area contributed by atoms with Crippen LogP contribution in [0.25, 0.3) is 10.8 Å². The van der Waals surface area contributed by atoms with Crippen LogP contribution in [-0.4, -0.2) is 10.0 Å². The standard InChI is InChI=1S/C17H14N2O3/c18-17(12-5-3-6-13(10-12)19(21)22)16-14-7-2-1-4-11(14)8-9-15(16)20/h1-10,17,20H,18H2. The quantitative estimate of drug-likeness (QED) is 0.571. The molecule has 0 saturated carbocycles. The average Bonchev–Trinajstić information content (AvgIpc) is 2.54. The van der Waals surface area contributed by atoms with Gasteiger partial charge in [-0.1, -0.05) is 42.5 Å². The van der Waals surface area contributed by atoms with Crippen molar-refractivity contribution in [3.63, 3.8) is 0 Å². The Hall–Kier alpha value is -2.92. The molecule has 3 rings (SSSR count). The molecule has 1 atom stereocenters. The van der Waals surface area contributed by atoms with Crippen LogP contribution < -0.4 is 5.73 Å². The first kappa shape index (κ1) is 14.0. The van der Waals surface area contributed by atoms with Gasteiger partial charge in [0.1, 0.15) is 5.75 Å². The first-order valence-corrected chi connectivity index (χ1v) is 6.78. The minimum absolute atomic E-state index is 0.0207. The van der Waals surface area contributed by atoms with Crippen molar-refractivity contribution in [2.45, 2.75) is 6.04 Å². The molecule has 0 fully saturated rings.